The summed E-state index contributed by atoms with van der Waals surface area (Å²) in [5.74, 6) is 1.25. The lowest BCUT2D eigenvalue weighted by Crippen LogP contribution is -2.47. The predicted octanol–water partition coefficient (Wildman–Crippen LogP) is 6.23. The molecule has 1 amide bonds. The van der Waals surface area contributed by atoms with E-state index in [1.54, 1.807) is 7.11 Å². The first-order valence-corrected chi connectivity index (χ1v) is 13.9. The van der Waals surface area contributed by atoms with E-state index in [-0.39, 0.29) is 5.91 Å². The maximum atomic E-state index is 12.6. The van der Waals surface area contributed by atoms with Gasteiger partial charge < -0.3 is 19.3 Å². The van der Waals surface area contributed by atoms with Crippen molar-refractivity contribution in [3.05, 3.63) is 59.0 Å². The summed E-state index contributed by atoms with van der Waals surface area (Å²) in [4.78, 5) is 22.2. The first kappa shape index (κ1) is 26.1. The van der Waals surface area contributed by atoms with Crippen molar-refractivity contribution in [1.82, 2.24) is 4.90 Å². The number of piperazine rings is 1. The van der Waals surface area contributed by atoms with E-state index in [4.69, 9.17) is 9.47 Å². The Morgan fingerprint density at radius 2 is 1.64 bits per heavy atom. The summed E-state index contributed by atoms with van der Waals surface area (Å²) in [7, 11) is 1.65. The van der Waals surface area contributed by atoms with Gasteiger partial charge in [-0.25, -0.2) is 0 Å². The summed E-state index contributed by atoms with van der Waals surface area (Å²) in [6.07, 6.45) is 9.26. The number of hydrogen-bond acceptors (Lipinski definition) is 6. The summed E-state index contributed by atoms with van der Waals surface area (Å²) in [5.41, 5.74) is 2.14. The normalized spacial score (nSPS) is 17.0. The Labute approximate surface area is 219 Å². The lowest BCUT2D eigenvalue weighted by atomic mass is 10.1. The highest BCUT2D eigenvalue weighted by molar-refractivity contribution is 8.18. The molecule has 2 aliphatic heterocycles. The molecule has 2 heterocycles. The van der Waals surface area contributed by atoms with Crippen LogP contribution >= 0.6 is 11.8 Å². The Kier molecular flexibility index (Phi) is 9.73. The number of hydrogen-bond donors (Lipinski definition) is 0. The van der Waals surface area contributed by atoms with Crippen molar-refractivity contribution < 1.29 is 14.3 Å². The van der Waals surface area contributed by atoms with Crippen LogP contribution in [0.3, 0.4) is 0 Å². The van der Waals surface area contributed by atoms with E-state index in [1.807, 2.05) is 30.3 Å². The van der Waals surface area contributed by atoms with Crippen LogP contribution in [0.15, 0.2) is 58.4 Å². The fourth-order valence-electron chi connectivity index (χ4n) is 4.44. The molecule has 6 nitrogen and oxygen atoms in total. The van der Waals surface area contributed by atoms with Crippen molar-refractivity contribution in [2.75, 3.05) is 44.8 Å². The Balaban J connectivity index is 1.29. The molecule has 0 spiro atoms. The minimum atomic E-state index is -0.178. The Morgan fingerprint density at radius 1 is 0.917 bits per heavy atom. The van der Waals surface area contributed by atoms with Crippen molar-refractivity contribution in [1.29, 1.82) is 0 Å². The summed E-state index contributed by atoms with van der Waals surface area (Å²) >= 11 is 1.46. The number of anilines is 1. The van der Waals surface area contributed by atoms with Gasteiger partial charge in [0.2, 0.25) is 0 Å². The third-order valence-corrected chi connectivity index (χ3v) is 7.57. The largest absolute Gasteiger partial charge is 0.493 e. The van der Waals surface area contributed by atoms with Gasteiger partial charge in [-0.1, -0.05) is 63.3 Å². The van der Waals surface area contributed by atoms with Crippen molar-refractivity contribution >= 4 is 34.6 Å². The molecule has 2 aromatic carbocycles. The smallest absolute Gasteiger partial charge is 0.286 e. The summed E-state index contributed by atoms with van der Waals surface area (Å²) in [5, 5.41) is 0.796. The van der Waals surface area contributed by atoms with Crippen molar-refractivity contribution in [2.45, 2.75) is 45.4 Å². The van der Waals surface area contributed by atoms with Crippen LogP contribution in [0.1, 0.15) is 51.0 Å². The molecule has 0 N–H and O–H groups in total. The van der Waals surface area contributed by atoms with Gasteiger partial charge in [-0.05, 0) is 54.1 Å². The Morgan fingerprint density at radius 3 is 2.39 bits per heavy atom. The van der Waals surface area contributed by atoms with E-state index in [0.29, 0.717) is 17.3 Å². The summed E-state index contributed by atoms with van der Waals surface area (Å²) < 4.78 is 11.5. The molecule has 0 bridgehead atoms. The number of rotatable bonds is 11. The molecule has 0 aromatic heterocycles. The zero-order chi connectivity index (χ0) is 25.2. The van der Waals surface area contributed by atoms with E-state index in [0.717, 1.165) is 49.1 Å². The molecule has 1 fully saturated rings. The third-order valence-electron chi connectivity index (χ3n) is 6.52. The van der Waals surface area contributed by atoms with Crippen LogP contribution in [0.25, 0.3) is 6.08 Å². The van der Waals surface area contributed by atoms with Gasteiger partial charge in [0, 0.05) is 31.9 Å². The molecule has 0 atom stereocenters. The number of para-hydroxylation sites is 1. The zero-order valence-corrected chi connectivity index (χ0v) is 22.3. The van der Waals surface area contributed by atoms with Gasteiger partial charge in [-0.15, -0.1) is 0 Å². The van der Waals surface area contributed by atoms with Crippen LogP contribution in [0.4, 0.5) is 5.69 Å². The van der Waals surface area contributed by atoms with Gasteiger partial charge in [0.15, 0.2) is 16.7 Å². The van der Waals surface area contributed by atoms with Gasteiger partial charge in [0.05, 0.1) is 18.6 Å². The first-order chi connectivity index (χ1) is 17.7. The zero-order valence-electron chi connectivity index (χ0n) is 21.4. The number of carbonyl (C=O) groups is 1. The van der Waals surface area contributed by atoms with Gasteiger partial charge in [-0.3, -0.25) is 4.79 Å². The second-order valence-electron chi connectivity index (χ2n) is 9.15. The molecule has 1 saturated heterocycles. The topological polar surface area (TPSA) is 54.4 Å². The second-order valence-corrected chi connectivity index (χ2v) is 10.2. The number of unbranched alkanes of at least 4 members (excludes halogenated alkanes) is 5. The average molecular weight is 508 g/mol. The molecule has 192 valence electrons. The molecule has 2 aromatic rings. The number of aliphatic imine (C=N–C) groups is 1. The monoisotopic (exact) mass is 507 g/mol. The molecule has 7 heteroatoms. The molecule has 0 aliphatic carbocycles. The quantitative estimate of drug-likeness (QED) is 0.266. The van der Waals surface area contributed by atoms with E-state index in [1.165, 1.54) is 49.6 Å². The lowest BCUT2D eigenvalue weighted by Gasteiger charge is -2.36. The average Bonchev–Trinajstić information content (AvgIpc) is 3.29. The fourth-order valence-corrected chi connectivity index (χ4v) is 5.40. The van der Waals surface area contributed by atoms with Crippen molar-refractivity contribution in [2.24, 2.45) is 4.99 Å². The molecular formula is C29H37N3O3S. The van der Waals surface area contributed by atoms with E-state index in [2.05, 4.69) is 46.0 Å². The van der Waals surface area contributed by atoms with Gasteiger partial charge in [-0.2, -0.15) is 4.99 Å². The number of thioether (sulfide) groups is 1. The van der Waals surface area contributed by atoms with Crippen LogP contribution in [-0.4, -0.2) is 55.9 Å². The highest BCUT2D eigenvalue weighted by Crippen LogP contribution is 2.34. The van der Waals surface area contributed by atoms with Crippen LogP contribution < -0.4 is 14.4 Å². The van der Waals surface area contributed by atoms with Gasteiger partial charge >= 0.3 is 0 Å². The second kappa shape index (κ2) is 13.4. The third kappa shape index (κ3) is 7.06. The van der Waals surface area contributed by atoms with Crippen LogP contribution in [-0.2, 0) is 4.79 Å². The highest BCUT2D eigenvalue weighted by atomic mass is 32.2. The van der Waals surface area contributed by atoms with Crippen molar-refractivity contribution in [3.63, 3.8) is 0 Å². The molecule has 0 radical (unpaired) electrons. The Hall–Kier alpha value is -2.93. The summed E-state index contributed by atoms with van der Waals surface area (Å²) in [6.45, 7) is 6.43. The Bertz CT molecular complexity index is 1060. The predicted molar refractivity (Wildman–Crippen MR) is 150 cm³/mol. The van der Waals surface area contributed by atoms with Crippen LogP contribution in [0.2, 0.25) is 0 Å². The van der Waals surface area contributed by atoms with Crippen LogP contribution in [0.5, 0.6) is 11.5 Å². The number of methoxy groups -OCH3 is 1. The maximum absolute atomic E-state index is 12.6. The summed E-state index contributed by atoms with van der Waals surface area (Å²) in [6, 6.07) is 16.3. The molecule has 0 unspecified atom stereocenters. The molecule has 36 heavy (non-hydrogen) atoms. The minimum absolute atomic E-state index is 0.178. The molecule has 2 aliphatic rings. The standard InChI is InChI=1S/C29H37N3O3S/c1-3-4-5-6-7-11-20-35-25-15-14-23(21-26(25)34-2)22-27-28(33)30-29(36-27)32-18-16-31(17-19-32)24-12-9-8-10-13-24/h8-10,12-15,21-22H,3-7,11,16-20H2,1-2H3/b27-22-. The maximum Gasteiger partial charge on any atom is 0.286 e. The first-order valence-electron chi connectivity index (χ1n) is 13.1. The van der Waals surface area contributed by atoms with Crippen LogP contribution in [0, 0.1) is 0 Å². The number of carbonyl (C=O) groups excluding carboxylic acids is 1. The van der Waals surface area contributed by atoms with Gasteiger partial charge in [0.25, 0.3) is 5.91 Å². The van der Waals surface area contributed by atoms with Crippen molar-refractivity contribution in [3.8, 4) is 11.5 Å². The van der Waals surface area contributed by atoms with E-state index in [9.17, 15) is 4.79 Å². The van der Waals surface area contributed by atoms with E-state index >= 15 is 0 Å². The lowest BCUT2D eigenvalue weighted by molar-refractivity contribution is -0.113. The highest BCUT2D eigenvalue weighted by Gasteiger charge is 2.28. The number of ether oxygens (including phenoxy) is 2. The SMILES string of the molecule is CCCCCCCCOc1ccc(/C=C2\SC(N3CCN(c4ccccc4)CC3)=NC2=O)cc1OC. The molecular weight excluding hydrogens is 470 g/mol. The number of benzene rings is 2. The van der Waals surface area contributed by atoms with E-state index < -0.39 is 0 Å². The number of amides is 1. The molecule has 4 rings (SSSR count). The van der Waals surface area contributed by atoms with Gasteiger partial charge in [0.1, 0.15) is 0 Å². The number of amidine groups is 1. The minimum Gasteiger partial charge on any atom is -0.493 e. The fraction of sp³-hybridized carbons (Fsp3) is 0.448. The number of nitrogens with zero attached hydrogens (tertiary/aromatic N) is 3. The molecule has 0 saturated carbocycles.